The average molecular weight is 290 g/mol. The lowest BCUT2D eigenvalue weighted by molar-refractivity contribution is 0.0990. The number of thiazole rings is 1. The van der Waals surface area contributed by atoms with E-state index in [1.165, 1.54) is 16.2 Å². The lowest BCUT2D eigenvalue weighted by atomic mass is 10.2. The predicted molar refractivity (Wildman–Crippen MR) is 80.3 cm³/mol. The average Bonchev–Trinajstić information content (AvgIpc) is 2.74. The van der Waals surface area contributed by atoms with Gasteiger partial charge in [0.2, 0.25) is 0 Å². The Balaban J connectivity index is 2.01. The standard InChI is InChI=1S/C14H14N2OS2/c1-10-13(19-9-15-10)14(17)16-7-4-8-18-12-6-3-2-5-11(12)16/h2-3,5-6,9H,4,7-8H2,1H3. The SMILES string of the molecule is Cc1ncsc1C(=O)N1CCCSc2ccccc21. The number of fused-ring (bicyclic) bond motifs is 1. The molecule has 2 aromatic rings. The Morgan fingerprint density at radius 2 is 2.21 bits per heavy atom. The van der Waals surface area contributed by atoms with Crippen LogP contribution >= 0.6 is 23.1 Å². The third-order valence-corrected chi connectivity index (χ3v) is 5.19. The molecular weight excluding hydrogens is 276 g/mol. The number of thioether (sulfide) groups is 1. The van der Waals surface area contributed by atoms with Gasteiger partial charge in [-0.1, -0.05) is 12.1 Å². The quantitative estimate of drug-likeness (QED) is 0.804. The lowest BCUT2D eigenvalue weighted by Gasteiger charge is -2.21. The summed E-state index contributed by atoms with van der Waals surface area (Å²) in [6.07, 6.45) is 1.02. The van der Waals surface area contributed by atoms with Crippen LogP contribution in [-0.2, 0) is 0 Å². The van der Waals surface area contributed by atoms with Crippen molar-refractivity contribution in [2.45, 2.75) is 18.2 Å². The van der Waals surface area contributed by atoms with Crippen molar-refractivity contribution in [2.75, 3.05) is 17.2 Å². The molecule has 2 heterocycles. The van der Waals surface area contributed by atoms with Crippen LogP contribution in [-0.4, -0.2) is 23.2 Å². The molecule has 1 aromatic carbocycles. The van der Waals surface area contributed by atoms with E-state index in [-0.39, 0.29) is 5.91 Å². The van der Waals surface area contributed by atoms with Gasteiger partial charge < -0.3 is 4.90 Å². The van der Waals surface area contributed by atoms with Crippen molar-refractivity contribution < 1.29 is 4.79 Å². The van der Waals surface area contributed by atoms with Crippen molar-refractivity contribution in [3.8, 4) is 0 Å². The molecule has 0 bridgehead atoms. The number of rotatable bonds is 1. The summed E-state index contributed by atoms with van der Waals surface area (Å²) in [7, 11) is 0. The van der Waals surface area contributed by atoms with Crippen LogP contribution in [0.25, 0.3) is 0 Å². The van der Waals surface area contributed by atoms with E-state index in [9.17, 15) is 4.79 Å². The second kappa shape index (κ2) is 5.35. The molecule has 1 amide bonds. The number of hydrogen-bond acceptors (Lipinski definition) is 4. The zero-order valence-electron chi connectivity index (χ0n) is 10.6. The molecular formula is C14H14N2OS2. The number of aryl methyl sites for hydroxylation is 1. The van der Waals surface area contributed by atoms with Gasteiger partial charge in [0.1, 0.15) is 4.88 Å². The predicted octanol–water partition coefficient (Wildman–Crippen LogP) is 3.59. The first kappa shape index (κ1) is 12.7. The van der Waals surface area contributed by atoms with Gasteiger partial charge in [0.25, 0.3) is 5.91 Å². The molecule has 98 valence electrons. The number of aromatic nitrogens is 1. The first-order chi connectivity index (χ1) is 9.27. The smallest absolute Gasteiger partial charge is 0.270 e. The molecule has 0 atom stereocenters. The van der Waals surface area contributed by atoms with Crippen molar-refractivity contribution in [1.29, 1.82) is 0 Å². The minimum atomic E-state index is 0.0787. The molecule has 3 nitrogen and oxygen atoms in total. The van der Waals surface area contributed by atoms with Gasteiger partial charge in [0.05, 0.1) is 16.9 Å². The van der Waals surface area contributed by atoms with Gasteiger partial charge in [0.15, 0.2) is 0 Å². The van der Waals surface area contributed by atoms with Crippen LogP contribution in [0.3, 0.4) is 0 Å². The Bertz CT molecular complexity index is 609. The van der Waals surface area contributed by atoms with E-state index in [4.69, 9.17) is 0 Å². The van der Waals surface area contributed by atoms with Crippen molar-refractivity contribution in [3.05, 3.63) is 40.3 Å². The number of carbonyl (C=O) groups excluding carboxylic acids is 1. The third-order valence-electron chi connectivity index (χ3n) is 3.12. The Morgan fingerprint density at radius 3 is 3.00 bits per heavy atom. The topological polar surface area (TPSA) is 33.2 Å². The van der Waals surface area contributed by atoms with Crippen LogP contribution in [0.2, 0.25) is 0 Å². The fourth-order valence-corrected chi connectivity index (χ4v) is 3.91. The number of anilines is 1. The van der Waals surface area contributed by atoms with Crippen molar-refractivity contribution in [2.24, 2.45) is 0 Å². The first-order valence-corrected chi connectivity index (χ1v) is 8.07. The number of benzene rings is 1. The monoisotopic (exact) mass is 290 g/mol. The maximum Gasteiger partial charge on any atom is 0.270 e. The van der Waals surface area contributed by atoms with E-state index in [2.05, 4.69) is 11.1 Å². The summed E-state index contributed by atoms with van der Waals surface area (Å²) in [5.74, 6) is 1.14. The van der Waals surface area contributed by atoms with Crippen LogP contribution < -0.4 is 4.90 Å². The van der Waals surface area contributed by atoms with Crippen LogP contribution in [0.1, 0.15) is 21.8 Å². The van der Waals surface area contributed by atoms with Gasteiger partial charge in [-0.15, -0.1) is 23.1 Å². The van der Waals surface area contributed by atoms with Gasteiger partial charge in [0, 0.05) is 11.4 Å². The van der Waals surface area contributed by atoms with Crippen molar-refractivity contribution >= 4 is 34.7 Å². The van der Waals surface area contributed by atoms with Crippen LogP contribution in [0, 0.1) is 6.92 Å². The van der Waals surface area contributed by atoms with Gasteiger partial charge >= 0.3 is 0 Å². The molecule has 1 aromatic heterocycles. The molecule has 1 aliphatic rings. The molecule has 0 aliphatic carbocycles. The zero-order valence-corrected chi connectivity index (χ0v) is 12.3. The summed E-state index contributed by atoms with van der Waals surface area (Å²) in [5, 5.41) is 0. The number of nitrogens with zero attached hydrogens (tertiary/aromatic N) is 2. The summed E-state index contributed by atoms with van der Waals surface area (Å²) in [4.78, 5) is 20.7. The maximum absolute atomic E-state index is 12.7. The van der Waals surface area contributed by atoms with Gasteiger partial charge in [-0.3, -0.25) is 4.79 Å². The highest BCUT2D eigenvalue weighted by molar-refractivity contribution is 7.99. The van der Waals surface area contributed by atoms with Gasteiger partial charge in [-0.2, -0.15) is 0 Å². The van der Waals surface area contributed by atoms with E-state index in [0.29, 0.717) is 0 Å². The highest BCUT2D eigenvalue weighted by Gasteiger charge is 2.24. The van der Waals surface area contributed by atoms with E-state index in [0.717, 1.165) is 35.0 Å². The fourth-order valence-electron chi connectivity index (χ4n) is 2.17. The number of para-hydroxylation sites is 1. The largest absolute Gasteiger partial charge is 0.306 e. The van der Waals surface area contributed by atoms with Crippen molar-refractivity contribution in [1.82, 2.24) is 4.98 Å². The van der Waals surface area contributed by atoms with Gasteiger partial charge in [-0.25, -0.2) is 4.98 Å². The molecule has 1 aliphatic heterocycles. The maximum atomic E-state index is 12.7. The number of hydrogen-bond donors (Lipinski definition) is 0. The fraction of sp³-hybridized carbons (Fsp3) is 0.286. The molecule has 0 unspecified atom stereocenters. The molecule has 0 fully saturated rings. The number of amides is 1. The summed E-state index contributed by atoms with van der Waals surface area (Å²) >= 11 is 3.25. The third kappa shape index (κ3) is 2.40. The molecule has 5 heteroatoms. The second-order valence-electron chi connectivity index (χ2n) is 4.39. The van der Waals surface area contributed by atoms with E-state index in [1.807, 2.05) is 41.8 Å². The minimum absolute atomic E-state index is 0.0787. The molecule has 0 spiro atoms. The highest BCUT2D eigenvalue weighted by Crippen LogP contribution is 2.34. The Labute approximate surface area is 120 Å². The minimum Gasteiger partial charge on any atom is -0.306 e. The Morgan fingerprint density at radius 1 is 1.37 bits per heavy atom. The first-order valence-electron chi connectivity index (χ1n) is 6.21. The Hall–Kier alpha value is -1.33. The second-order valence-corrected chi connectivity index (χ2v) is 6.38. The van der Waals surface area contributed by atoms with Gasteiger partial charge in [-0.05, 0) is 31.2 Å². The number of carbonyl (C=O) groups is 1. The summed E-state index contributed by atoms with van der Waals surface area (Å²) < 4.78 is 0. The van der Waals surface area contributed by atoms with E-state index < -0.39 is 0 Å². The lowest BCUT2D eigenvalue weighted by Crippen LogP contribution is -2.31. The molecule has 0 N–H and O–H groups in total. The molecule has 3 rings (SSSR count). The Kier molecular flexibility index (Phi) is 3.57. The molecule has 0 saturated heterocycles. The molecule has 0 radical (unpaired) electrons. The molecule has 19 heavy (non-hydrogen) atoms. The normalized spacial score (nSPS) is 14.9. The van der Waals surface area contributed by atoms with Crippen molar-refractivity contribution in [3.63, 3.8) is 0 Å². The molecule has 0 saturated carbocycles. The highest BCUT2D eigenvalue weighted by atomic mass is 32.2. The summed E-state index contributed by atoms with van der Waals surface area (Å²) in [6.45, 7) is 2.67. The van der Waals surface area contributed by atoms with Crippen LogP contribution in [0.5, 0.6) is 0 Å². The van der Waals surface area contributed by atoms with Crippen LogP contribution in [0.15, 0.2) is 34.7 Å². The zero-order chi connectivity index (χ0) is 13.2. The van der Waals surface area contributed by atoms with E-state index in [1.54, 1.807) is 5.51 Å². The van der Waals surface area contributed by atoms with Crippen LogP contribution in [0.4, 0.5) is 5.69 Å². The summed E-state index contributed by atoms with van der Waals surface area (Å²) in [5.41, 5.74) is 3.59. The van der Waals surface area contributed by atoms with E-state index >= 15 is 0 Å². The summed E-state index contributed by atoms with van der Waals surface area (Å²) in [6, 6.07) is 8.13.